The Morgan fingerprint density at radius 3 is 2.75 bits per heavy atom. The van der Waals surface area contributed by atoms with Crippen LogP contribution in [0.5, 0.6) is 0 Å². The van der Waals surface area contributed by atoms with Crippen LogP contribution in [0.15, 0.2) is 18.3 Å². The maximum atomic E-state index is 11.5. The van der Waals surface area contributed by atoms with Gasteiger partial charge in [-0.2, -0.15) is 0 Å². The zero-order valence-electron chi connectivity index (χ0n) is 11.6. The topological polar surface area (TPSA) is 88.5 Å². The van der Waals surface area contributed by atoms with Crippen molar-refractivity contribution in [2.24, 2.45) is 5.73 Å². The van der Waals surface area contributed by atoms with Crippen LogP contribution in [-0.4, -0.2) is 33.9 Å². The summed E-state index contributed by atoms with van der Waals surface area (Å²) in [6, 6.07) is 3.79. The number of aryl methyl sites for hydroxylation is 2. The number of hydrogen-bond acceptors (Lipinski definition) is 3. The van der Waals surface area contributed by atoms with E-state index in [0.29, 0.717) is 25.1 Å². The Bertz CT molecular complexity index is 632. The molecule has 0 unspecified atom stereocenters. The van der Waals surface area contributed by atoms with Crippen molar-refractivity contribution in [2.45, 2.75) is 26.3 Å². The van der Waals surface area contributed by atoms with E-state index < -0.39 is 5.97 Å². The lowest BCUT2D eigenvalue weighted by Crippen LogP contribution is -2.11. The van der Waals surface area contributed by atoms with Gasteiger partial charge in [0.05, 0.1) is 11.1 Å². The number of hydrogen-bond donors (Lipinski definition) is 3. The van der Waals surface area contributed by atoms with Gasteiger partial charge in [-0.25, -0.2) is 4.79 Å². The van der Waals surface area contributed by atoms with Crippen molar-refractivity contribution < 1.29 is 15.0 Å². The number of aliphatic hydroxyl groups is 1. The molecule has 2 rings (SSSR count). The number of nitrogens with zero attached hydrogens (tertiary/aromatic N) is 1. The third kappa shape index (κ3) is 2.55. The molecule has 20 heavy (non-hydrogen) atoms. The average Bonchev–Trinajstić information content (AvgIpc) is 2.74. The van der Waals surface area contributed by atoms with Gasteiger partial charge in [-0.15, -0.1) is 0 Å². The molecule has 0 bridgehead atoms. The van der Waals surface area contributed by atoms with Crippen molar-refractivity contribution in [3.63, 3.8) is 0 Å². The Morgan fingerprint density at radius 2 is 2.15 bits per heavy atom. The summed E-state index contributed by atoms with van der Waals surface area (Å²) in [5.41, 5.74) is 8.49. The minimum absolute atomic E-state index is 0.126. The van der Waals surface area contributed by atoms with Crippen LogP contribution in [0, 0.1) is 6.92 Å². The number of carbonyl (C=O) groups is 1. The molecule has 1 aromatic carbocycles. The van der Waals surface area contributed by atoms with Crippen LogP contribution in [0.4, 0.5) is 0 Å². The molecule has 0 spiro atoms. The SMILES string of the molecule is Cc1ccc2c(CCCO)cn(CCN)c2c1C(=O)O. The molecule has 2 aromatic rings. The molecule has 0 aliphatic heterocycles. The van der Waals surface area contributed by atoms with Crippen LogP contribution < -0.4 is 5.73 Å². The van der Waals surface area contributed by atoms with Crippen molar-refractivity contribution in [3.05, 3.63) is 35.0 Å². The Balaban J connectivity index is 2.68. The number of carboxylic acids is 1. The van der Waals surface area contributed by atoms with Crippen molar-refractivity contribution in [1.29, 1.82) is 0 Å². The number of fused-ring (bicyclic) bond motifs is 1. The van der Waals surface area contributed by atoms with E-state index in [1.165, 1.54) is 0 Å². The minimum atomic E-state index is -0.918. The summed E-state index contributed by atoms with van der Waals surface area (Å²) in [5, 5.41) is 19.4. The molecule has 0 saturated heterocycles. The van der Waals surface area contributed by atoms with Gasteiger partial charge >= 0.3 is 5.97 Å². The third-order valence-electron chi connectivity index (χ3n) is 3.52. The van der Waals surface area contributed by atoms with E-state index in [9.17, 15) is 9.90 Å². The molecule has 0 fully saturated rings. The highest BCUT2D eigenvalue weighted by Crippen LogP contribution is 2.28. The van der Waals surface area contributed by atoms with Crippen LogP contribution in [0.2, 0.25) is 0 Å². The summed E-state index contributed by atoms with van der Waals surface area (Å²) in [4.78, 5) is 11.5. The van der Waals surface area contributed by atoms with E-state index in [2.05, 4.69) is 0 Å². The first kappa shape index (κ1) is 14.6. The standard InChI is InChI=1S/C15H20N2O3/c1-10-4-5-12-11(3-2-8-18)9-17(7-6-16)14(12)13(10)15(19)20/h4-5,9,18H,2-3,6-8,16H2,1H3,(H,19,20). The van der Waals surface area contributed by atoms with Gasteiger partial charge in [-0.3, -0.25) is 0 Å². The highest BCUT2D eigenvalue weighted by Gasteiger charge is 2.18. The van der Waals surface area contributed by atoms with E-state index in [4.69, 9.17) is 10.8 Å². The second-order valence-electron chi connectivity index (χ2n) is 4.92. The van der Waals surface area contributed by atoms with E-state index >= 15 is 0 Å². The molecule has 0 atom stereocenters. The lowest BCUT2D eigenvalue weighted by Gasteiger charge is -2.08. The first-order chi connectivity index (χ1) is 9.60. The molecule has 0 amide bonds. The molecule has 1 heterocycles. The molecular weight excluding hydrogens is 256 g/mol. The van der Waals surface area contributed by atoms with Crippen molar-refractivity contribution in [1.82, 2.24) is 4.57 Å². The maximum absolute atomic E-state index is 11.5. The minimum Gasteiger partial charge on any atom is -0.478 e. The molecule has 5 nitrogen and oxygen atoms in total. The fourth-order valence-corrected chi connectivity index (χ4v) is 2.63. The molecule has 0 aliphatic carbocycles. The lowest BCUT2D eigenvalue weighted by atomic mass is 10.0. The number of aliphatic hydroxyl groups excluding tert-OH is 1. The van der Waals surface area contributed by atoms with Gasteiger partial charge in [0.2, 0.25) is 0 Å². The number of rotatable bonds is 6. The van der Waals surface area contributed by atoms with Gasteiger partial charge in [0, 0.05) is 31.3 Å². The molecule has 4 N–H and O–H groups in total. The van der Waals surface area contributed by atoms with E-state index in [1.807, 2.05) is 22.9 Å². The van der Waals surface area contributed by atoms with Crippen LogP contribution in [0.1, 0.15) is 27.9 Å². The number of benzene rings is 1. The van der Waals surface area contributed by atoms with Crippen LogP contribution >= 0.6 is 0 Å². The molecule has 0 radical (unpaired) electrons. The maximum Gasteiger partial charge on any atom is 0.338 e. The van der Waals surface area contributed by atoms with E-state index in [-0.39, 0.29) is 6.61 Å². The lowest BCUT2D eigenvalue weighted by molar-refractivity contribution is 0.0698. The summed E-state index contributed by atoms with van der Waals surface area (Å²) >= 11 is 0. The van der Waals surface area contributed by atoms with Crippen molar-refractivity contribution >= 4 is 16.9 Å². The van der Waals surface area contributed by atoms with Crippen LogP contribution in [0.3, 0.4) is 0 Å². The molecule has 0 aliphatic rings. The molecular formula is C15H20N2O3. The summed E-state index contributed by atoms with van der Waals surface area (Å²) in [6.07, 6.45) is 3.35. The molecule has 108 valence electrons. The van der Waals surface area contributed by atoms with Crippen molar-refractivity contribution in [2.75, 3.05) is 13.2 Å². The monoisotopic (exact) mass is 276 g/mol. The average molecular weight is 276 g/mol. The van der Waals surface area contributed by atoms with Gasteiger partial charge in [-0.05, 0) is 30.9 Å². The second-order valence-corrected chi connectivity index (χ2v) is 4.92. The first-order valence-electron chi connectivity index (χ1n) is 6.75. The smallest absolute Gasteiger partial charge is 0.338 e. The number of carboxylic acid groups (broad SMARTS) is 1. The van der Waals surface area contributed by atoms with E-state index in [1.54, 1.807) is 6.92 Å². The van der Waals surface area contributed by atoms with Gasteiger partial charge in [-0.1, -0.05) is 12.1 Å². The largest absolute Gasteiger partial charge is 0.478 e. The molecule has 5 heteroatoms. The fraction of sp³-hybridized carbons (Fsp3) is 0.400. The van der Waals surface area contributed by atoms with Gasteiger partial charge in [0.15, 0.2) is 0 Å². The number of aromatic nitrogens is 1. The zero-order valence-corrected chi connectivity index (χ0v) is 11.6. The third-order valence-corrected chi connectivity index (χ3v) is 3.52. The molecule has 0 saturated carbocycles. The first-order valence-corrected chi connectivity index (χ1v) is 6.75. The Kier molecular flexibility index (Phi) is 4.42. The summed E-state index contributed by atoms with van der Waals surface area (Å²) in [6.45, 7) is 2.97. The van der Waals surface area contributed by atoms with Crippen LogP contribution in [0.25, 0.3) is 10.9 Å². The molecule has 1 aromatic heterocycles. The highest BCUT2D eigenvalue weighted by atomic mass is 16.4. The number of nitrogens with two attached hydrogens (primary N) is 1. The van der Waals surface area contributed by atoms with Gasteiger partial charge in [0.1, 0.15) is 0 Å². The van der Waals surface area contributed by atoms with E-state index in [0.717, 1.165) is 28.5 Å². The summed E-state index contributed by atoms with van der Waals surface area (Å²) in [7, 11) is 0. The quantitative estimate of drug-likeness (QED) is 0.746. The Morgan fingerprint density at radius 1 is 1.40 bits per heavy atom. The van der Waals surface area contributed by atoms with Gasteiger partial charge < -0.3 is 20.5 Å². The zero-order chi connectivity index (χ0) is 14.7. The predicted octanol–water partition coefficient (Wildman–Crippen LogP) is 1.53. The predicted molar refractivity (Wildman–Crippen MR) is 78.1 cm³/mol. The number of aromatic carboxylic acids is 1. The van der Waals surface area contributed by atoms with Crippen LogP contribution in [-0.2, 0) is 13.0 Å². The fourth-order valence-electron chi connectivity index (χ4n) is 2.63. The normalized spacial score (nSPS) is 11.2. The Labute approximate surface area is 117 Å². The Hall–Kier alpha value is -1.85. The summed E-state index contributed by atoms with van der Waals surface area (Å²) in [5.74, 6) is -0.918. The van der Waals surface area contributed by atoms with Crippen molar-refractivity contribution in [3.8, 4) is 0 Å². The van der Waals surface area contributed by atoms with Gasteiger partial charge in [0.25, 0.3) is 0 Å². The summed E-state index contributed by atoms with van der Waals surface area (Å²) < 4.78 is 1.92. The highest BCUT2D eigenvalue weighted by molar-refractivity contribution is 6.04. The second kappa shape index (κ2) is 6.07.